The van der Waals surface area contributed by atoms with Crippen LogP contribution in [0.5, 0.6) is 0 Å². The summed E-state index contributed by atoms with van der Waals surface area (Å²) in [6, 6.07) is 0. The molecule has 0 bridgehead atoms. The Morgan fingerprint density at radius 2 is 2.62 bits per heavy atom. The van der Waals surface area contributed by atoms with Gasteiger partial charge >= 0.3 is 0 Å². The molecule has 0 saturated carbocycles. The third kappa shape index (κ3) is 3.74. The van der Waals surface area contributed by atoms with Gasteiger partial charge in [-0.25, -0.2) is 0 Å². The van der Waals surface area contributed by atoms with E-state index in [-0.39, 0.29) is 0 Å². The van der Waals surface area contributed by atoms with Gasteiger partial charge in [0.05, 0.1) is 0 Å². The highest BCUT2D eigenvalue weighted by Gasteiger charge is 1.85. The Morgan fingerprint density at radius 1 is 2.00 bits per heavy atom. The summed E-state index contributed by atoms with van der Waals surface area (Å²) in [6.45, 7) is 5.25. The summed E-state index contributed by atoms with van der Waals surface area (Å²) in [5, 5.41) is 11.7. The van der Waals surface area contributed by atoms with Crippen LogP contribution in [0.4, 0.5) is 0 Å². The third-order valence-corrected chi connectivity index (χ3v) is 1.45. The molecule has 0 aliphatic rings. The maximum Gasteiger partial charge on any atom is 0.110 e. The lowest BCUT2D eigenvalue weighted by molar-refractivity contribution is 0.320. The molecule has 0 rings (SSSR count). The molecule has 0 saturated heterocycles. The molecule has 0 aromatic rings. The first kappa shape index (κ1) is 7.56. The van der Waals surface area contributed by atoms with Gasteiger partial charge in [0.2, 0.25) is 0 Å². The predicted octanol–water partition coefficient (Wildman–Crippen LogP) is 1.71. The lowest BCUT2D eigenvalue weighted by Crippen LogP contribution is -1.82. The smallest absolute Gasteiger partial charge is 0.110 e. The predicted molar refractivity (Wildman–Crippen MR) is 37.6 cm³/mol. The Morgan fingerprint density at radius 3 is 3.00 bits per heavy atom. The summed E-state index contributed by atoms with van der Waals surface area (Å²) >= 11 is 1.46. The number of hydrogen-bond donors (Lipinski definition) is 1. The van der Waals surface area contributed by atoms with E-state index < -0.39 is 0 Å². The number of oxime groups is 1. The second kappa shape index (κ2) is 4.71. The molecule has 0 atom stereocenters. The van der Waals surface area contributed by atoms with Gasteiger partial charge in [-0.1, -0.05) is 11.2 Å². The number of rotatable bonds is 2. The van der Waals surface area contributed by atoms with Crippen LogP contribution in [0.3, 0.4) is 0 Å². The van der Waals surface area contributed by atoms with E-state index in [4.69, 9.17) is 5.21 Å². The van der Waals surface area contributed by atoms with E-state index >= 15 is 0 Å². The average Bonchev–Trinajstić information content (AvgIpc) is 1.83. The molecule has 0 aromatic carbocycles. The Bertz CT molecular complexity index is 101. The van der Waals surface area contributed by atoms with Gasteiger partial charge in [-0.2, -0.15) is 0 Å². The van der Waals surface area contributed by atoms with Crippen molar-refractivity contribution >= 4 is 16.8 Å². The average molecular weight is 131 g/mol. The molecule has 0 fully saturated rings. The highest BCUT2D eigenvalue weighted by molar-refractivity contribution is 8.13. The van der Waals surface area contributed by atoms with Crippen molar-refractivity contribution in [2.45, 2.75) is 6.92 Å². The van der Waals surface area contributed by atoms with Crippen LogP contribution in [0.1, 0.15) is 6.92 Å². The zero-order chi connectivity index (χ0) is 6.41. The molecule has 0 radical (unpaired) electrons. The summed E-state index contributed by atoms with van der Waals surface area (Å²) in [6.07, 6.45) is 1.76. The van der Waals surface area contributed by atoms with Gasteiger partial charge in [-0.15, -0.1) is 18.3 Å². The van der Waals surface area contributed by atoms with E-state index in [2.05, 4.69) is 11.7 Å². The largest absolute Gasteiger partial charge is 0.410 e. The van der Waals surface area contributed by atoms with Crippen molar-refractivity contribution in [3.8, 4) is 0 Å². The van der Waals surface area contributed by atoms with E-state index in [1.165, 1.54) is 11.8 Å². The number of thioether (sulfide) groups is 1. The molecule has 0 aliphatic heterocycles. The normalized spacial score (nSPS) is 11.4. The van der Waals surface area contributed by atoms with Gasteiger partial charge in [0.15, 0.2) is 0 Å². The van der Waals surface area contributed by atoms with E-state index in [0.717, 1.165) is 5.75 Å². The Labute approximate surface area is 53.3 Å². The first-order valence-electron chi connectivity index (χ1n) is 2.23. The monoisotopic (exact) mass is 131 g/mol. The first-order chi connectivity index (χ1) is 3.81. The molecular weight excluding hydrogens is 122 g/mol. The molecule has 3 heteroatoms. The second-order valence-corrected chi connectivity index (χ2v) is 2.43. The Hall–Kier alpha value is -0.440. The maximum atomic E-state index is 8.09. The second-order valence-electron chi connectivity index (χ2n) is 1.22. The SMILES string of the molecule is C=CCSC(C)=NO. The van der Waals surface area contributed by atoms with E-state index in [0.29, 0.717) is 5.04 Å². The molecule has 1 N–H and O–H groups in total. The van der Waals surface area contributed by atoms with Crippen LogP contribution in [0, 0.1) is 0 Å². The summed E-state index contributed by atoms with van der Waals surface area (Å²) < 4.78 is 0. The van der Waals surface area contributed by atoms with Crippen LogP contribution in [-0.4, -0.2) is 16.0 Å². The quantitative estimate of drug-likeness (QED) is 0.203. The molecule has 8 heavy (non-hydrogen) atoms. The van der Waals surface area contributed by atoms with Crippen molar-refractivity contribution in [2.24, 2.45) is 5.16 Å². The lowest BCUT2D eigenvalue weighted by atomic mass is 10.8. The molecule has 0 unspecified atom stereocenters. The Kier molecular flexibility index (Phi) is 4.45. The summed E-state index contributed by atoms with van der Waals surface area (Å²) in [5.74, 6) is 0.801. The molecule has 0 aromatic heterocycles. The molecule has 2 nitrogen and oxygen atoms in total. The van der Waals surface area contributed by atoms with Gasteiger partial charge in [0.25, 0.3) is 0 Å². The van der Waals surface area contributed by atoms with Crippen molar-refractivity contribution in [1.29, 1.82) is 0 Å². The van der Waals surface area contributed by atoms with Crippen LogP contribution in [0.15, 0.2) is 17.8 Å². The summed E-state index contributed by atoms with van der Waals surface area (Å²) in [4.78, 5) is 0. The molecule has 46 valence electrons. The zero-order valence-electron chi connectivity index (χ0n) is 4.79. The van der Waals surface area contributed by atoms with Crippen LogP contribution in [0.2, 0.25) is 0 Å². The Balaban J connectivity index is 3.24. The zero-order valence-corrected chi connectivity index (χ0v) is 5.61. The summed E-state index contributed by atoms with van der Waals surface area (Å²) in [7, 11) is 0. The lowest BCUT2D eigenvalue weighted by Gasteiger charge is -1.89. The topological polar surface area (TPSA) is 32.6 Å². The van der Waals surface area contributed by atoms with E-state index in [1.807, 2.05) is 0 Å². The minimum Gasteiger partial charge on any atom is -0.410 e. The van der Waals surface area contributed by atoms with Crippen LogP contribution >= 0.6 is 11.8 Å². The highest BCUT2D eigenvalue weighted by Crippen LogP contribution is 2.01. The molecule has 0 amide bonds. The van der Waals surface area contributed by atoms with Crippen LogP contribution in [0.25, 0.3) is 0 Å². The van der Waals surface area contributed by atoms with Gasteiger partial charge in [-0.3, -0.25) is 0 Å². The third-order valence-electron chi connectivity index (χ3n) is 0.551. The molecular formula is C5H9NOS. The van der Waals surface area contributed by atoms with Crippen LogP contribution in [-0.2, 0) is 0 Å². The first-order valence-corrected chi connectivity index (χ1v) is 3.22. The highest BCUT2D eigenvalue weighted by atomic mass is 32.2. The van der Waals surface area contributed by atoms with Crippen molar-refractivity contribution in [2.75, 3.05) is 5.75 Å². The fourth-order valence-electron chi connectivity index (χ4n) is 0.208. The molecule has 0 heterocycles. The fourth-order valence-corrected chi connectivity index (χ4v) is 0.625. The number of hydrogen-bond acceptors (Lipinski definition) is 3. The van der Waals surface area contributed by atoms with Gasteiger partial charge in [-0.05, 0) is 6.92 Å². The maximum absolute atomic E-state index is 8.09. The van der Waals surface area contributed by atoms with Gasteiger partial charge in [0, 0.05) is 5.75 Å². The minimum atomic E-state index is 0.671. The van der Waals surface area contributed by atoms with Gasteiger partial charge < -0.3 is 5.21 Å². The van der Waals surface area contributed by atoms with Crippen molar-refractivity contribution < 1.29 is 5.21 Å². The van der Waals surface area contributed by atoms with Gasteiger partial charge in [0.1, 0.15) is 5.04 Å². The molecule has 0 spiro atoms. The number of nitrogens with zero attached hydrogens (tertiary/aromatic N) is 1. The van der Waals surface area contributed by atoms with Crippen molar-refractivity contribution in [3.05, 3.63) is 12.7 Å². The minimum absolute atomic E-state index is 0.671. The summed E-state index contributed by atoms with van der Waals surface area (Å²) in [5.41, 5.74) is 0. The van der Waals surface area contributed by atoms with E-state index in [1.54, 1.807) is 13.0 Å². The van der Waals surface area contributed by atoms with Crippen LogP contribution < -0.4 is 0 Å². The standard InChI is InChI=1S/C5H9NOS/c1-3-4-8-5(2)6-7/h3,7H,1,4H2,2H3. The fraction of sp³-hybridized carbons (Fsp3) is 0.400. The molecule has 0 aliphatic carbocycles. The van der Waals surface area contributed by atoms with E-state index in [9.17, 15) is 0 Å². The van der Waals surface area contributed by atoms with Crippen molar-refractivity contribution in [1.82, 2.24) is 0 Å². The van der Waals surface area contributed by atoms with Crippen molar-refractivity contribution in [3.63, 3.8) is 0 Å².